The molecule has 0 aliphatic rings. The summed E-state index contributed by atoms with van der Waals surface area (Å²) in [5.41, 5.74) is 7.38. The lowest BCUT2D eigenvalue weighted by molar-refractivity contribution is 0.102. The number of anilines is 2. The number of nitrogen functional groups attached to an aromatic ring is 1. The Bertz CT molecular complexity index is 614. The van der Waals surface area contributed by atoms with Crippen LogP contribution < -0.4 is 15.8 Å². The summed E-state index contributed by atoms with van der Waals surface area (Å²) in [6, 6.07) is 12.2. The van der Waals surface area contributed by atoms with Gasteiger partial charge in [-0.1, -0.05) is 6.07 Å². The van der Waals surface area contributed by atoms with Gasteiger partial charge in [-0.15, -0.1) is 0 Å². The summed E-state index contributed by atoms with van der Waals surface area (Å²) in [5, 5.41) is 2.79. The lowest BCUT2D eigenvalue weighted by atomic mass is 10.2. The fourth-order valence-electron chi connectivity index (χ4n) is 1.62. The first-order valence-corrected chi connectivity index (χ1v) is 6.40. The van der Waals surface area contributed by atoms with Crippen LogP contribution >= 0.6 is 15.9 Å². The highest BCUT2D eigenvalue weighted by Crippen LogP contribution is 2.28. The van der Waals surface area contributed by atoms with E-state index in [1.54, 1.807) is 43.5 Å². The minimum absolute atomic E-state index is 0.211. The first kappa shape index (κ1) is 13.4. The van der Waals surface area contributed by atoms with Gasteiger partial charge in [-0.2, -0.15) is 0 Å². The first-order valence-electron chi connectivity index (χ1n) is 5.60. The molecule has 2 rings (SSSR count). The molecule has 2 aromatic rings. The number of carbonyl (C=O) groups is 1. The molecule has 1 amide bonds. The molecule has 0 fully saturated rings. The van der Waals surface area contributed by atoms with Crippen LogP contribution in [0, 0.1) is 0 Å². The van der Waals surface area contributed by atoms with Gasteiger partial charge in [-0.05, 0) is 46.3 Å². The maximum absolute atomic E-state index is 12.0. The fraction of sp³-hybridized carbons (Fsp3) is 0.0714. The summed E-state index contributed by atoms with van der Waals surface area (Å²) in [6.45, 7) is 0. The second-order valence-corrected chi connectivity index (χ2v) is 4.78. The molecule has 0 unspecified atom stereocenters. The van der Waals surface area contributed by atoms with Crippen molar-refractivity contribution in [1.29, 1.82) is 0 Å². The fourth-order valence-corrected chi connectivity index (χ4v) is 2.03. The second-order valence-electron chi connectivity index (χ2n) is 3.93. The molecule has 0 radical (unpaired) electrons. The number of methoxy groups -OCH3 is 1. The van der Waals surface area contributed by atoms with Crippen LogP contribution in [0.5, 0.6) is 5.75 Å². The van der Waals surface area contributed by atoms with Crippen molar-refractivity contribution in [2.24, 2.45) is 0 Å². The first-order chi connectivity index (χ1) is 9.10. The predicted octanol–water partition coefficient (Wildman–Crippen LogP) is 3.29. The minimum atomic E-state index is -0.211. The number of nitrogens with two attached hydrogens (primary N) is 1. The summed E-state index contributed by atoms with van der Waals surface area (Å²) in [6.07, 6.45) is 0. The zero-order chi connectivity index (χ0) is 13.8. The Hall–Kier alpha value is -2.01. The van der Waals surface area contributed by atoms with Crippen LogP contribution in [0.1, 0.15) is 10.4 Å². The van der Waals surface area contributed by atoms with E-state index >= 15 is 0 Å². The van der Waals surface area contributed by atoms with Crippen molar-refractivity contribution in [2.45, 2.75) is 0 Å². The average molecular weight is 321 g/mol. The molecule has 2 aromatic carbocycles. The zero-order valence-electron chi connectivity index (χ0n) is 10.3. The smallest absolute Gasteiger partial charge is 0.255 e. The standard InChI is InChI=1S/C14H13BrN2O2/c1-19-13-8-11(5-6-12(13)15)17-14(18)9-3-2-4-10(16)7-9/h2-8H,16H2,1H3,(H,17,18). The number of rotatable bonds is 3. The second kappa shape index (κ2) is 5.75. The SMILES string of the molecule is COc1cc(NC(=O)c2cccc(N)c2)ccc1Br. The number of benzene rings is 2. The van der Waals surface area contributed by atoms with E-state index in [1.807, 2.05) is 6.07 Å². The third-order valence-corrected chi connectivity index (χ3v) is 3.21. The molecule has 19 heavy (non-hydrogen) atoms. The third-order valence-electron chi connectivity index (χ3n) is 2.56. The summed E-state index contributed by atoms with van der Waals surface area (Å²) >= 11 is 3.36. The van der Waals surface area contributed by atoms with Gasteiger partial charge in [0.2, 0.25) is 0 Å². The monoisotopic (exact) mass is 320 g/mol. The normalized spacial score (nSPS) is 10.0. The lowest BCUT2D eigenvalue weighted by Crippen LogP contribution is -2.12. The van der Waals surface area contributed by atoms with Gasteiger partial charge in [-0.3, -0.25) is 4.79 Å². The third kappa shape index (κ3) is 3.26. The number of carbonyl (C=O) groups excluding carboxylic acids is 1. The lowest BCUT2D eigenvalue weighted by Gasteiger charge is -2.09. The van der Waals surface area contributed by atoms with Crippen molar-refractivity contribution in [2.75, 3.05) is 18.2 Å². The highest BCUT2D eigenvalue weighted by Gasteiger charge is 2.08. The molecule has 0 heterocycles. The van der Waals surface area contributed by atoms with E-state index in [4.69, 9.17) is 10.5 Å². The summed E-state index contributed by atoms with van der Waals surface area (Å²) in [7, 11) is 1.57. The highest BCUT2D eigenvalue weighted by molar-refractivity contribution is 9.10. The van der Waals surface area contributed by atoms with E-state index < -0.39 is 0 Å². The van der Waals surface area contributed by atoms with Crippen molar-refractivity contribution < 1.29 is 9.53 Å². The molecule has 98 valence electrons. The Balaban J connectivity index is 2.19. The molecule has 0 atom stereocenters. The molecule has 0 aliphatic heterocycles. The van der Waals surface area contributed by atoms with E-state index in [9.17, 15) is 4.79 Å². The van der Waals surface area contributed by atoms with Crippen LogP contribution in [0.25, 0.3) is 0 Å². The average Bonchev–Trinajstić information content (AvgIpc) is 2.41. The quantitative estimate of drug-likeness (QED) is 0.853. The molecule has 5 heteroatoms. The predicted molar refractivity (Wildman–Crippen MR) is 79.5 cm³/mol. The van der Waals surface area contributed by atoms with Crippen LogP contribution in [0.15, 0.2) is 46.9 Å². The van der Waals surface area contributed by atoms with Gasteiger partial charge < -0.3 is 15.8 Å². The summed E-state index contributed by atoms with van der Waals surface area (Å²) in [5.74, 6) is 0.446. The van der Waals surface area contributed by atoms with E-state index in [1.165, 1.54) is 0 Å². The molecular weight excluding hydrogens is 308 g/mol. The van der Waals surface area contributed by atoms with Crippen molar-refractivity contribution >= 4 is 33.2 Å². The van der Waals surface area contributed by atoms with Crippen molar-refractivity contribution in [3.05, 3.63) is 52.5 Å². The van der Waals surface area contributed by atoms with E-state index in [-0.39, 0.29) is 5.91 Å². The molecule has 4 nitrogen and oxygen atoms in total. The molecule has 0 aliphatic carbocycles. The van der Waals surface area contributed by atoms with E-state index in [0.29, 0.717) is 22.7 Å². The van der Waals surface area contributed by atoms with Crippen molar-refractivity contribution in [3.63, 3.8) is 0 Å². The number of hydrogen-bond acceptors (Lipinski definition) is 3. The van der Waals surface area contributed by atoms with Crippen molar-refractivity contribution in [3.8, 4) is 5.75 Å². The van der Waals surface area contributed by atoms with Gasteiger partial charge in [0.05, 0.1) is 11.6 Å². The summed E-state index contributed by atoms with van der Waals surface area (Å²) < 4.78 is 6.00. The van der Waals surface area contributed by atoms with Crippen molar-refractivity contribution in [1.82, 2.24) is 0 Å². The maximum atomic E-state index is 12.0. The van der Waals surface area contributed by atoms with Crippen LogP contribution in [0.2, 0.25) is 0 Å². The van der Waals surface area contributed by atoms with Crippen LogP contribution in [0.3, 0.4) is 0 Å². The topological polar surface area (TPSA) is 64.3 Å². The van der Waals surface area contributed by atoms with Gasteiger partial charge in [-0.25, -0.2) is 0 Å². The van der Waals surface area contributed by atoms with Gasteiger partial charge >= 0.3 is 0 Å². The molecule has 0 bridgehead atoms. The Labute approximate surface area is 119 Å². The van der Waals surface area contributed by atoms with E-state index in [2.05, 4.69) is 21.2 Å². The number of halogens is 1. The van der Waals surface area contributed by atoms with Crippen LogP contribution in [-0.2, 0) is 0 Å². The van der Waals surface area contributed by atoms with Gasteiger partial charge in [0.25, 0.3) is 5.91 Å². The van der Waals surface area contributed by atoms with Gasteiger partial charge in [0, 0.05) is 23.0 Å². The highest BCUT2D eigenvalue weighted by atomic mass is 79.9. The minimum Gasteiger partial charge on any atom is -0.495 e. The number of ether oxygens (including phenoxy) is 1. The van der Waals surface area contributed by atoms with Crippen LogP contribution in [-0.4, -0.2) is 13.0 Å². The Morgan fingerprint density at radius 2 is 2.05 bits per heavy atom. The number of amides is 1. The zero-order valence-corrected chi connectivity index (χ0v) is 11.9. The Morgan fingerprint density at radius 1 is 1.26 bits per heavy atom. The molecule has 0 saturated heterocycles. The number of nitrogens with one attached hydrogen (secondary N) is 1. The number of hydrogen-bond donors (Lipinski definition) is 2. The maximum Gasteiger partial charge on any atom is 0.255 e. The van der Waals surface area contributed by atoms with Gasteiger partial charge in [0.1, 0.15) is 5.75 Å². The van der Waals surface area contributed by atoms with Gasteiger partial charge in [0.15, 0.2) is 0 Å². The molecule has 0 saturated carbocycles. The molecular formula is C14H13BrN2O2. The molecule has 0 aromatic heterocycles. The van der Waals surface area contributed by atoms with E-state index in [0.717, 1.165) is 4.47 Å². The molecule has 0 spiro atoms. The Morgan fingerprint density at radius 3 is 2.74 bits per heavy atom. The summed E-state index contributed by atoms with van der Waals surface area (Å²) in [4.78, 5) is 12.0. The molecule has 3 N–H and O–H groups in total. The largest absolute Gasteiger partial charge is 0.495 e. The van der Waals surface area contributed by atoms with Crippen LogP contribution in [0.4, 0.5) is 11.4 Å². The Kier molecular flexibility index (Phi) is 4.06.